The van der Waals surface area contributed by atoms with Gasteiger partial charge in [0, 0.05) is 12.0 Å². The van der Waals surface area contributed by atoms with Crippen LogP contribution in [0, 0.1) is 0 Å². The number of fused-ring (bicyclic) bond motifs is 1. The molecule has 0 bridgehead atoms. The van der Waals surface area contributed by atoms with Gasteiger partial charge in [0.2, 0.25) is 0 Å². The number of hydrogen-bond acceptors (Lipinski definition) is 5. The van der Waals surface area contributed by atoms with Crippen LogP contribution in [0.25, 0.3) is 0 Å². The molecule has 0 aliphatic heterocycles. The number of nitrogens with two attached hydrogens (primary N) is 1. The number of amides is 1. The smallest absolute Gasteiger partial charge is 0.254 e. The van der Waals surface area contributed by atoms with Crippen LogP contribution in [0.5, 0.6) is 0 Å². The lowest BCUT2D eigenvalue weighted by molar-refractivity contribution is 0.0949. The fourth-order valence-corrected chi connectivity index (χ4v) is 2.46. The van der Waals surface area contributed by atoms with Crippen molar-refractivity contribution in [2.24, 2.45) is 5.73 Å². The monoisotopic (exact) mass is 275 g/mol. The average molecular weight is 275 g/mol. The highest BCUT2D eigenvalue weighted by Crippen LogP contribution is 2.24. The number of carbonyl (C=O) groups excluding carboxylic acids is 1. The van der Waals surface area contributed by atoms with Gasteiger partial charge in [-0.15, -0.1) is 0 Å². The molecule has 1 amide bonds. The largest absolute Gasteiger partial charge is 0.467 e. The summed E-state index contributed by atoms with van der Waals surface area (Å²) in [6.07, 6.45) is 5.63. The average Bonchev–Trinajstić information content (AvgIpc) is 3.11. The van der Waals surface area contributed by atoms with Gasteiger partial charge in [-0.05, 0) is 25.3 Å². The molecule has 0 saturated carbocycles. The first-order valence-electron chi connectivity index (χ1n) is 6.80. The van der Waals surface area contributed by atoms with Crippen LogP contribution in [0.2, 0.25) is 0 Å². The minimum atomic E-state index is -0.194. The molecule has 0 fully saturated rings. The predicted octanol–water partition coefficient (Wildman–Crippen LogP) is 1.54. The maximum absolute atomic E-state index is 12.0. The maximum Gasteiger partial charge on any atom is 0.254 e. The fraction of sp³-hybridized carbons (Fsp3) is 0.429. The lowest BCUT2D eigenvalue weighted by Gasteiger charge is -2.09. The predicted molar refractivity (Wildman–Crippen MR) is 70.9 cm³/mol. The zero-order chi connectivity index (χ0) is 13.9. The van der Waals surface area contributed by atoms with Gasteiger partial charge in [0.25, 0.3) is 5.91 Å². The molecule has 20 heavy (non-hydrogen) atoms. The highest BCUT2D eigenvalue weighted by atomic mass is 16.5. The zero-order valence-electron chi connectivity index (χ0n) is 11.1. The number of furan rings is 1. The van der Waals surface area contributed by atoms with Crippen molar-refractivity contribution in [3.8, 4) is 0 Å². The standard InChI is InChI=1S/C14H17N3O3/c15-6-10-5-9(8-19-10)14(18)16-7-12-11-3-1-2-4-13(11)20-17-12/h5,8H,1-4,6-7,15H2,(H,16,18). The summed E-state index contributed by atoms with van der Waals surface area (Å²) in [7, 11) is 0. The van der Waals surface area contributed by atoms with Crippen LogP contribution >= 0.6 is 0 Å². The number of rotatable bonds is 4. The molecule has 3 N–H and O–H groups in total. The van der Waals surface area contributed by atoms with Crippen molar-refractivity contribution in [3.63, 3.8) is 0 Å². The first-order valence-corrected chi connectivity index (χ1v) is 6.80. The lowest BCUT2D eigenvalue weighted by Crippen LogP contribution is -2.23. The Hall–Kier alpha value is -2.08. The zero-order valence-corrected chi connectivity index (χ0v) is 11.1. The van der Waals surface area contributed by atoms with Gasteiger partial charge in [0.15, 0.2) is 0 Å². The van der Waals surface area contributed by atoms with Gasteiger partial charge in [-0.25, -0.2) is 0 Å². The van der Waals surface area contributed by atoms with Gasteiger partial charge in [-0.2, -0.15) is 0 Å². The highest BCUT2D eigenvalue weighted by Gasteiger charge is 2.19. The molecule has 1 aliphatic carbocycles. The van der Waals surface area contributed by atoms with Crippen LogP contribution in [-0.2, 0) is 25.9 Å². The van der Waals surface area contributed by atoms with E-state index in [1.807, 2.05) is 0 Å². The van der Waals surface area contributed by atoms with Crippen LogP contribution in [0.4, 0.5) is 0 Å². The Labute approximate surface area is 116 Å². The molecule has 0 spiro atoms. The first-order chi connectivity index (χ1) is 9.78. The molecule has 1 aliphatic rings. The summed E-state index contributed by atoms with van der Waals surface area (Å²) in [5.74, 6) is 1.37. The van der Waals surface area contributed by atoms with Crippen LogP contribution in [0.15, 0.2) is 21.3 Å². The van der Waals surface area contributed by atoms with Gasteiger partial charge in [-0.1, -0.05) is 5.16 Å². The summed E-state index contributed by atoms with van der Waals surface area (Å²) < 4.78 is 10.5. The lowest BCUT2D eigenvalue weighted by atomic mass is 9.96. The normalized spacial score (nSPS) is 14.1. The van der Waals surface area contributed by atoms with E-state index in [0.29, 0.717) is 17.9 Å². The molecular formula is C14H17N3O3. The van der Waals surface area contributed by atoms with E-state index in [1.54, 1.807) is 6.07 Å². The molecule has 6 heteroatoms. The second-order valence-corrected chi connectivity index (χ2v) is 4.93. The third-order valence-corrected chi connectivity index (χ3v) is 3.57. The van der Waals surface area contributed by atoms with Gasteiger partial charge in [0.05, 0.1) is 18.7 Å². The number of nitrogens with zero attached hydrogens (tertiary/aromatic N) is 1. The van der Waals surface area contributed by atoms with Gasteiger partial charge < -0.3 is 20.0 Å². The van der Waals surface area contributed by atoms with Crippen molar-refractivity contribution in [1.82, 2.24) is 10.5 Å². The number of aryl methyl sites for hydroxylation is 1. The minimum absolute atomic E-state index is 0.194. The number of nitrogens with one attached hydrogen (secondary N) is 1. The van der Waals surface area contributed by atoms with Gasteiger partial charge in [-0.3, -0.25) is 4.79 Å². The van der Waals surface area contributed by atoms with E-state index in [-0.39, 0.29) is 12.5 Å². The van der Waals surface area contributed by atoms with Gasteiger partial charge in [0.1, 0.15) is 23.5 Å². The second kappa shape index (κ2) is 5.50. The molecule has 0 atom stereocenters. The summed E-state index contributed by atoms with van der Waals surface area (Å²) >= 11 is 0. The first kappa shape index (κ1) is 12.9. The fourth-order valence-electron chi connectivity index (χ4n) is 2.46. The Bertz CT molecular complexity index is 615. The molecule has 2 aromatic rings. The number of aromatic nitrogens is 1. The van der Waals surface area contributed by atoms with E-state index in [9.17, 15) is 4.79 Å². The van der Waals surface area contributed by atoms with Gasteiger partial charge >= 0.3 is 0 Å². The quantitative estimate of drug-likeness (QED) is 0.882. The highest BCUT2D eigenvalue weighted by molar-refractivity contribution is 5.93. The van der Waals surface area contributed by atoms with Crippen LogP contribution in [-0.4, -0.2) is 11.1 Å². The molecule has 0 saturated heterocycles. The van der Waals surface area contributed by atoms with Crippen LogP contribution < -0.4 is 11.1 Å². The molecular weight excluding hydrogens is 258 g/mol. The number of hydrogen-bond donors (Lipinski definition) is 2. The van der Waals surface area contributed by atoms with E-state index in [2.05, 4.69) is 10.5 Å². The van der Waals surface area contributed by atoms with E-state index in [4.69, 9.17) is 14.7 Å². The van der Waals surface area contributed by atoms with E-state index < -0.39 is 0 Å². The summed E-state index contributed by atoms with van der Waals surface area (Å²) in [5, 5.41) is 6.88. The Morgan fingerprint density at radius 1 is 1.40 bits per heavy atom. The minimum Gasteiger partial charge on any atom is -0.467 e. The van der Waals surface area contributed by atoms with Crippen molar-refractivity contribution in [2.45, 2.75) is 38.8 Å². The molecule has 3 rings (SSSR count). The molecule has 0 aromatic carbocycles. The van der Waals surface area contributed by atoms with E-state index in [0.717, 1.165) is 42.7 Å². The van der Waals surface area contributed by atoms with E-state index >= 15 is 0 Å². The van der Waals surface area contributed by atoms with Crippen molar-refractivity contribution < 1.29 is 13.7 Å². The van der Waals surface area contributed by atoms with Crippen LogP contribution in [0.1, 0.15) is 46.0 Å². The van der Waals surface area contributed by atoms with Crippen molar-refractivity contribution in [1.29, 1.82) is 0 Å². The Morgan fingerprint density at radius 3 is 3.05 bits per heavy atom. The molecule has 106 valence electrons. The maximum atomic E-state index is 12.0. The third-order valence-electron chi connectivity index (χ3n) is 3.57. The Balaban J connectivity index is 1.64. The third kappa shape index (κ3) is 2.46. The topological polar surface area (TPSA) is 94.3 Å². The Morgan fingerprint density at radius 2 is 2.25 bits per heavy atom. The summed E-state index contributed by atoms with van der Waals surface area (Å²) in [5.41, 5.74) is 7.91. The molecule has 0 unspecified atom stereocenters. The molecule has 2 heterocycles. The van der Waals surface area contributed by atoms with Crippen molar-refractivity contribution in [3.05, 3.63) is 40.7 Å². The summed E-state index contributed by atoms with van der Waals surface area (Å²) in [6, 6.07) is 1.65. The molecule has 6 nitrogen and oxygen atoms in total. The SMILES string of the molecule is NCc1cc(C(=O)NCc2noc3c2CCCC3)co1. The Kier molecular flexibility index (Phi) is 3.56. The summed E-state index contributed by atoms with van der Waals surface area (Å²) in [4.78, 5) is 12.0. The van der Waals surface area contributed by atoms with Crippen LogP contribution in [0.3, 0.4) is 0 Å². The summed E-state index contributed by atoms with van der Waals surface area (Å²) in [6.45, 7) is 0.658. The van der Waals surface area contributed by atoms with E-state index in [1.165, 1.54) is 6.26 Å². The molecule has 0 radical (unpaired) electrons. The second-order valence-electron chi connectivity index (χ2n) is 4.93. The van der Waals surface area contributed by atoms with Crippen molar-refractivity contribution >= 4 is 5.91 Å². The molecule has 2 aromatic heterocycles. The van der Waals surface area contributed by atoms with Crippen molar-refractivity contribution in [2.75, 3.05) is 0 Å². The number of carbonyl (C=O) groups is 1.